The van der Waals surface area contributed by atoms with E-state index in [9.17, 15) is 9.59 Å². The van der Waals surface area contributed by atoms with Crippen LogP contribution in [0.3, 0.4) is 0 Å². The van der Waals surface area contributed by atoms with E-state index in [0.717, 1.165) is 35.9 Å². The van der Waals surface area contributed by atoms with Crippen LogP contribution in [0.1, 0.15) is 11.3 Å². The molecule has 7 heteroatoms. The van der Waals surface area contributed by atoms with Crippen molar-refractivity contribution in [2.24, 2.45) is 0 Å². The molecule has 27 heavy (non-hydrogen) atoms. The topological polar surface area (TPSA) is 74.3 Å². The van der Waals surface area contributed by atoms with Crippen LogP contribution in [0.4, 0.5) is 10.5 Å². The first kappa shape index (κ1) is 19.2. The fraction of sp³-hybridized carbons (Fsp3) is 0.350. The maximum Gasteiger partial charge on any atom is 0.319 e. The van der Waals surface area contributed by atoms with Gasteiger partial charge in [0, 0.05) is 55.1 Å². The largest absolute Gasteiger partial charge is 0.341 e. The number of carbonyl (C=O) groups excluding carboxylic acids is 2. The van der Waals surface area contributed by atoms with E-state index in [0.29, 0.717) is 25.1 Å². The molecule has 2 aromatic rings. The Hall–Kier alpha value is -2.54. The number of anilines is 1. The van der Waals surface area contributed by atoms with Gasteiger partial charge in [-0.25, -0.2) is 4.79 Å². The third-order valence-corrected chi connectivity index (χ3v) is 5.27. The highest BCUT2D eigenvalue weighted by atomic mass is 32.2. The standard InChI is InChI=1S/C20H24N4O2S/c25-19(24-11-13-27-14-12-24)15-16-4-6-18(7-5-16)23-20(26)22-10-8-17-3-1-2-9-21-17/h1-7,9H,8,10-15H2,(H2,22,23,26). The monoisotopic (exact) mass is 384 g/mol. The Morgan fingerprint density at radius 2 is 1.85 bits per heavy atom. The molecule has 0 saturated carbocycles. The number of hydrogen-bond donors (Lipinski definition) is 2. The van der Waals surface area contributed by atoms with E-state index in [1.165, 1.54) is 0 Å². The predicted octanol–water partition coefficient (Wildman–Crippen LogP) is 2.56. The van der Waals surface area contributed by atoms with Crippen LogP contribution in [0.2, 0.25) is 0 Å². The van der Waals surface area contributed by atoms with Gasteiger partial charge < -0.3 is 15.5 Å². The van der Waals surface area contributed by atoms with Crippen LogP contribution in [0.5, 0.6) is 0 Å². The van der Waals surface area contributed by atoms with Crippen molar-refractivity contribution in [1.29, 1.82) is 0 Å². The average molecular weight is 385 g/mol. The summed E-state index contributed by atoms with van der Waals surface area (Å²) in [6.45, 7) is 2.19. The summed E-state index contributed by atoms with van der Waals surface area (Å²) in [4.78, 5) is 30.4. The smallest absolute Gasteiger partial charge is 0.319 e. The highest BCUT2D eigenvalue weighted by molar-refractivity contribution is 7.99. The minimum atomic E-state index is -0.249. The Balaban J connectivity index is 1.41. The van der Waals surface area contributed by atoms with Crippen molar-refractivity contribution in [1.82, 2.24) is 15.2 Å². The van der Waals surface area contributed by atoms with E-state index in [4.69, 9.17) is 0 Å². The molecule has 0 unspecified atom stereocenters. The molecule has 3 amide bonds. The van der Waals surface area contributed by atoms with E-state index >= 15 is 0 Å². The van der Waals surface area contributed by atoms with Crippen molar-refractivity contribution < 1.29 is 9.59 Å². The van der Waals surface area contributed by atoms with E-state index in [-0.39, 0.29) is 11.9 Å². The van der Waals surface area contributed by atoms with Crippen LogP contribution in [-0.4, -0.2) is 53.0 Å². The molecular weight excluding hydrogens is 360 g/mol. The molecule has 1 aromatic carbocycles. The van der Waals surface area contributed by atoms with Gasteiger partial charge in [-0.2, -0.15) is 11.8 Å². The lowest BCUT2D eigenvalue weighted by Gasteiger charge is -2.26. The maximum absolute atomic E-state index is 12.3. The summed E-state index contributed by atoms with van der Waals surface area (Å²) in [5.74, 6) is 2.21. The van der Waals surface area contributed by atoms with Gasteiger partial charge in [0.1, 0.15) is 0 Å². The number of nitrogens with one attached hydrogen (secondary N) is 2. The normalized spacial score (nSPS) is 13.9. The first-order valence-electron chi connectivity index (χ1n) is 9.10. The second kappa shape index (κ2) is 9.97. The average Bonchev–Trinajstić information content (AvgIpc) is 2.71. The van der Waals surface area contributed by atoms with Gasteiger partial charge in [0.25, 0.3) is 0 Å². The second-order valence-electron chi connectivity index (χ2n) is 6.32. The minimum Gasteiger partial charge on any atom is -0.341 e. The molecule has 6 nitrogen and oxygen atoms in total. The van der Waals surface area contributed by atoms with E-state index in [1.807, 2.05) is 59.1 Å². The quantitative estimate of drug-likeness (QED) is 0.803. The second-order valence-corrected chi connectivity index (χ2v) is 7.54. The van der Waals surface area contributed by atoms with Gasteiger partial charge in [-0.15, -0.1) is 0 Å². The lowest BCUT2D eigenvalue weighted by atomic mass is 10.1. The van der Waals surface area contributed by atoms with Crippen LogP contribution in [-0.2, 0) is 17.6 Å². The van der Waals surface area contributed by atoms with Crippen LogP contribution in [0, 0.1) is 0 Å². The fourth-order valence-electron chi connectivity index (χ4n) is 2.83. The van der Waals surface area contributed by atoms with E-state index in [2.05, 4.69) is 15.6 Å². The number of amides is 3. The summed E-state index contributed by atoms with van der Waals surface area (Å²) in [5, 5.41) is 5.62. The first-order valence-corrected chi connectivity index (χ1v) is 10.3. The maximum atomic E-state index is 12.3. The number of urea groups is 1. The molecule has 142 valence electrons. The summed E-state index contributed by atoms with van der Waals surface area (Å²) < 4.78 is 0. The molecule has 1 aliphatic rings. The Bertz CT molecular complexity index is 746. The number of aromatic nitrogens is 1. The van der Waals surface area contributed by atoms with Crippen LogP contribution in [0.15, 0.2) is 48.7 Å². The Labute approximate surface area is 163 Å². The summed E-state index contributed by atoms with van der Waals surface area (Å²) in [7, 11) is 0. The summed E-state index contributed by atoms with van der Waals surface area (Å²) in [5.41, 5.74) is 2.61. The fourth-order valence-corrected chi connectivity index (χ4v) is 3.73. The highest BCUT2D eigenvalue weighted by Gasteiger charge is 2.16. The number of rotatable bonds is 6. The van der Waals surface area contributed by atoms with Crippen LogP contribution < -0.4 is 10.6 Å². The zero-order valence-electron chi connectivity index (χ0n) is 15.2. The molecule has 0 aliphatic carbocycles. The molecule has 0 radical (unpaired) electrons. The van der Waals surface area contributed by atoms with Crippen LogP contribution >= 0.6 is 11.8 Å². The van der Waals surface area contributed by atoms with Gasteiger partial charge in [-0.05, 0) is 29.8 Å². The van der Waals surface area contributed by atoms with Crippen LogP contribution in [0.25, 0.3) is 0 Å². The summed E-state index contributed by atoms with van der Waals surface area (Å²) in [6, 6.07) is 12.9. The first-order chi connectivity index (χ1) is 13.2. The number of pyridine rings is 1. The van der Waals surface area contributed by atoms with Gasteiger partial charge in [0.05, 0.1) is 6.42 Å². The third-order valence-electron chi connectivity index (χ3n) is 4.32. The summed E-state index contributed by atoms with van der Waals surface area (Å²) >= 11 is 1.89. The van der Waals surface area contributed by atoms with Gasteiger partial charge in [0.2, 0.25) is 5.91 Å². The molecular formula is C20H24N4O2S. The van der Waals surface area contributed by atoms with Gasteiger partial charge in [0.15, 0.2) is 0 Å². The summed E-state index contributed by atoms with van der Waals surface area (Å²) in [6.07, 6.45) is 2.83. The SMILES string of the molecule is O=C(NCCc1ccccn1)Nc1ccc(CC(=O)N2CCSCC2)cc1. The van der Waals surface area contributed by atoms with Crippen molar-refractivity contribution in [3.8, 4) is 0 Å². The molecule has 2 N–H and O–H groups in total. The predicted molar refractivity (Wildman–Crippen MR) is 109 cm³/mol. The lowest BCUT2D eigenvalue weighted by molar-refractivity contribution is -0.130. The molecule has 0 bridgehead atoms. The van der Waals surface area contributed by atoms with Gasteiger partial charge in [-0.3, -0.25) is 9.78 Å². The molecule has 3 rings (SSSR count). The van der Waals surface area contributed by atoms with Crippen molar-refractivity contribution in [3.05, 3.63) is 59.9 Å². The lowest BCUT2D eigenvalue weighted by Crippen LogP contribution is -2.38. The Kier molecular flexibility index (Phi) is 7.10. The number of thioether (sulfide) groups is 1. The zero-order valence-corrected chi connectivity index (χ0v) is 16.0. The molecule has 0 spiro atoms. The number of carbonyl (C=O) groups is 2. The molecule has 1 fully saturated rings. The Morgan fingerprint density at radius 1 is 1.07 bits per heavy atom. The molecule has 2 heterocycles. The highest BCUT2D eigenvalue weighted by Crippen LogP contribution is 2.13. The molecule has 0 atom stereocenters. The van der Waals surface area contributed by atoms with Crippen molar-refractivity contribution in [2.75, 3.05) is 36.5 Å². The van der Waals surface area contributed by atoms with E-state index in [1.54, 1.807) is 6.20 Å². The third kappa shape index (κ3) is 6.29. The number of nitrogens with zero attached hydrogens (tertiary/aromatic N) is 2. The van der Waals surface area contributed by atoms with Gasteiger partial charge in [-0.1, -0.05) is 18.2 Å². The van der Waals surface area contributed by atoms with Crippen molar-refractivity contribution in [3.63, 3.8) is 0 Å². The van der Waals surface area contributed by atoms with Crippen molar-refractivity contribution in [2.45, 2.75) is 12.8 Å². The van der Waals surface area contributed by atoms with Crippen molar-refractivity contribution >= 4 is 29.4 Å². The minimum absolute atomic E-state index is 0.170. The Morgan fingerprint density at radius 3 is 2.56 bits per heavy atom. The number of benzene rings is 1. The molecule has 1 aromatic heterocycles. The zero-order chi connectivity index (χ0) is 18.9. The molecule has 1 aliphatic heterocycles. The van der Waals surface area contributed by atoms with E-state index < -0.39 is 0 Å². The van der Waals surface area contributed by atoms with Gasteiger partial charge >= 0.3 is 6.03 Å². The number of hydrogen-bond acceptors (Lipinski definition) is 4. The molecule has 1 saturated heterocycles.